The Labute approximate surface area is 107 Å². The first-order valence-electron chi connectivity index (χ1n) is 6.14. The Morgan fingerprint density at radius 3 is 2.61 bits per heavy atom. The van der Waals surface area contributed by atoms with Crippen LogP contribution in [0.1, 0.15) is 25.0 Å². The van der Waals surface area contributed by atoms with Crippen molar-refractivity contribution in [3.63, 3.8) is 0 Å². The summed E-state index contributed by atoms with van der Waals surface area (Å²) in [7, 11) is 0. The quantitative estimate of drug-likeness (QED) is 0.805. The van der Waals surface area contributed by atoms with Crippen molar-refractivity contribution in [3.8, 4) is 6.07 Å². The van der Waals surface area contributed by atoms with E-state index < -0.39 is 0 Å². The smallest absolute Gasteiger partial charge is 0.124 e. The molecule has 0 bridgehead atoms. The van der Waals surface area contributed by atoms with E-state index in [1.54, 1.807) is 6.07 Å². The molecule has 0 saturated carbocycles. The zero-order valence-corrected chi connectivity index (χ0v) is 10.7. The molecule has 0 amide bonds. The molecule has 1 aliphatic heterocycles. The van der Waals surface area contributed by atoms with Crippen LogP contribution in [0.5, 0.6) is 0 Å². The lowest BCUT2D eigenvalue weighted by Crippen LogP contribution is -2.44. The Hall–Kier alpha value is -1.44. The molecule has 1 heterocycles. The molecule has 0 aliphatic carbocycles. The molecule has 2 rings (SSSR count). The minimum Gasteiger partial charge on any atom is -0.373 e. The molecule has 0 aromatic heterocycles. The van der Waals surface area contributed by atoms with Crippen LogP contribution in [0.3, 0.4) is 0 Å². The van der Waals surface area contributed by atoms with Crippen molar-refractivity contribution in [2.45, 2.75) is 32.6 Å². The number of ether oxygens (including phenoxy) is 1. The fourth-order valence-corrected chi connectivity index (χ4v) is 2.48. The molecule has 1 aromatic carbocycles. The van der Waals surface area contributed by atoms with E-state index in [1.165, 1.54) is 12.1 Å². The van der Waals surface area contributed by atoms with E-state index in [0.29, 0.717) is 12.1 Å². The van der Waals surface area contributed by atoms with Crippen molar-refractivity contribution in [1.82, 2.24) is 4.90 Å². The predicted molar refractivity (Wildman–Crippen MR) is 66.4 cm³/mol. The summed E-state index contributed by atoms with van der Waals surface area (Å²) in [6.07, 6.45) is 0.385. The normalized spacial score (nSPS) is 24.8. The molecule has 1 aromatic rings. The number of nitriles is 1. The Bertz CT molecular complexity index is 459. The number of morpholine rings is 1. The van der Waals surface area contributed by atoms with Gasteiger partial charge in [0.1, 0.15) is 5.82 Å². The first kappa shape index (κ1) is 13.0. The molecule has 96 valence electrons. The fourth-order valence-electron chi connectivity index (χ4n) is 2.48. The van der Waals surface area contributed by atoms with Crippen molar-refractivity contribution in [1.29, 1.82) is 5.26 Å². The van der Waals surface area contributed by atoms with Crippen LogP contribution in [0.4, 0.5) is 4.39 Å². The number of benzene rings is 1. The maximum Gasteiger partial charge on any atom is 0.124 e. The Kier molecular flexibility index (Phi) is 3.95. The van der Waals surface area contributed by atoms with E-state index in [2.05, 4.69) is 4.90 Å². The highest BCUT2D eigenvalue weighted by molar-refractivity contribution is 5.33. The van der Waals surface area contributed by atoms with Crippen LogP contribution in [0.15, 0.2) is 18.2 Å². The summed E-state index contributed by atoms with van der Waals surface area (Å²) >= 11 is 0. The third-order valence-corrected chi connectivity index (χ3v) is 2.99. The Balaban J connectivity index is 2.09. The van der Waals surface area contributed by atoms with Crippen molar-refractivity contribution < 1.29 is 9.13 Å². The van der Waals surface area contributed by atoms with Crippen LogP contribution in [-0.4, -0.2) is 30.2 Å². The molecule has 0 N–H and O–H groups in total. The highest BCUT2D eigenvalue weighted by Crippen LogP contribution is 2.16. The molecule has 1 fully saturated rings. The van der Waals surface area contributed by atoms with Gasteiger partial charge >= 0.3 is 0 Å². The van der Waals surface area contributed by atoms with E-state index >= 15 is 0 Å². The van der Waals surface area contributed by atoms with Crippen LogP contribution in [0.2, 0.25) is 0 Å². The maximum absolute atomic E-state index is 13.3. The van der Waals surface area contributed by atoms with E-state index in [1.807, 2.05) is 19.9 Å². The summed E-state index contributed by atoms with van der Waals surface area (Å²) in [6, 6.07) is 6.47. The second-order valence-electron chi connectivity index (χ2n) is 4.91. The number of hydrogen-bond donors (Lipinski definition) is 0. The monoisotopic (exact) mass is 248 g/mol. The van der Waals surface area contributed by atoms with Crippen LogP contribution in [-0.2, 0) is 11.3 Å². The lowest BCUT2D eigenvalue weighted by Gasteiger charge is -2.35. The minimum atomic E-state index is -0.349. The van der Waals surface area contributed by atoms with Crippen molar-refractivity contribution in [2.24, 2.45) is 0 Å². The lowest BCUT2D eigenvalue weighted by molar-refractivity contribution is -0.0705. The summed E-state index contributed by atoms with van der Waals surface area (Å²) in [6.45, 7) is 6.40. The van der Waals surface area contributed by atoms with Crippen LogP contribution < -0.4 is 0 Å². The van der Waals surface area contributed by atoms with E-state index in [9.17, 15) is 4.39 Å². The van der Waals surface area contributed by atoms with Gasteiger partial charge < -0.3 is 4.74 Å². The fraction of sp³-hybridized carbons (Fsp3) is 0.500. The molecule has 0 spiro atoms. The molecular weight excluding hydrogens is 231 g/mol. The zero-order valence-electron chi connectivity index (χ0n) is 10.7. The minimum absolute atomic E-state index is 0.192. The summed E-state index contributed by atoms with van der Waals surface area (Å²) in [4.78, 5) is 2.23. The molecule has 0 radical (unpaired) electrons. The average Bonchev–Trinajstić information content (AvgIpc) is 2.26. The maximum atomic E-state index is 13.3. The molecule has 1 saturated heterocycles. The highest BCUT2D eigenvalue weighted by Gasteiger charge is 2.22. The topological polar surface area (TPSA) is 36.3 Å². The highest BCUT2D eigenvalue weighted by atomic mass is 19.1. The molecular formula is C14H17FN2O. The van der Waals surface area contributed by atoms with Gasteiger partial charge in [0.05, 0.1) is 23.8 Å². The first-order valence-corrected chi connectivity index (χ1v) is 6.14. The molecule has 3 nitrogen and oxygen atoms in total. The summed E-state index contributed by atoms with van der Waals surface area (Å²) < 4.78 is 19.0. The standard InChI is InChI=1S/C14H17FN2O/c1-10-7-17(8-11(2)18-10)9-13-3-12(6-16)4-14(15)5-13/h3-5,10-11H,7-9H2,1-2H3/t10-,11+. The van der Waals surface area contributed by atoms with Crippen molar-refractivity contribution in [2.75, 3.05) is 13.1 Å². The van der Waals surface area contributed by atoms with Crippen LogP contribution in [0, 0.1) is 17.1 Å². The van der Waals surface area contributed by atoms with Gasteiger partial charge in [0.25, 0.3) is 0 Å². The Morgan fingerprint density at radius 1 is 1.33 bits per heavy atom. The van der Waals surface area contributed by atoms with E-state index in [0.717, 1.165) is 18.7 Å². The number of rotatable bonds is 2. The van der Waals surface area contributed by atoms with Crippen molar-refractivity contribution in [3.05, 3.63) is 35.1 Å². The van der Waals surface area contributed by atoms with E-state index in [-0.39, 0.29) is 18.0 Å². The van der Waals surface area contributed by atoms with Crippen LogP contribution in [0.25, 0.3) is 0 Å². The van der Waals surface area contributed by atoms with Crippen molar-refractivity contribution >= 4 is 0 Å². The van der Waals surface area contributed by atoms with Gasteiger partial charge in [-0.2, -0.15) is 5.26 Å². The molecule has 18 heavy (non-hydrogen) atoms. The third kappa shape index (κ3) is 3.28. The molecule has 4 heteroatoms. The van der Waals surface area contributed by atoms with Gasteiger partial charge in [0.2, 0.25) is 0 Å². The number of halogens is 1. The summed E-state index contributed by atoms with van der Waals surface area (Å²) in [5.74, 6) is -0.349. The van der Waals surface area contributed by atoms with Gasteiger partial charge in [-0.1, -0.05) is 0 Å². The van der Waals surface area contributed by atoms with Gasteiger partial charge in [0.15, 0.2) is 0 Å². The zero-order chi connectivity index (χ0) is 13.1. The van der Waals surface area contributed by atoms with Gasteiger partial charge in [-0.25, -0.2) is 4.39 Å². The van der Waals surface area contributed by atoms with E-state index in [4.69, 9.17) is 10.00 Å². The lowest BCUT2D eigenvalue weighted by atomic mass is 10.1. The molecule has 0 unspecified atom stereocenters. The predicted octanol–water partition coefficient (Wildman–Crippen LogP) is 2.31. The van der Waals surface area contributed by atoms with Gasteiger partial charge in [-0.05, 0) is 37.6 Å². The number of nitrogens with zero attached hydrogens (tertiary/aromatic N) is 2. The SMILES string of the molecule is C[C@@H]1CN(Cc2cc(F)cc(C#N)c2)C[C@H](C)O1. The Morgan fingerprint density at radius 2 is 2.00 bits per heavy atom. The first-order chi connectivity index (χ1) is 8.56. The second kappa shape index (κ2) is 5.47. The second-order valence-corrected chi connectivity index (χ2v) is 4.91. The van der Waals surface area contributed by atoms with Crippen LogP contribution >= 0.6 is 0 Å². The third-order valence-electron chi connectivity index (χ3n) is 2.99. The summed E-state index contributed by atoms with van der Waals surface area (Å²) in [5.41, 5.74) is 1.22. The molecule has 2 atom stereocenters. The van der Waals surface area contributed by atoms with Gasteiger partial charge in [-0.15, -0.1) is 0 Å². The van der Waals surface area contributed by atoms with Gasteiger partial charge in [0, 0.05) is 19.6 Å². The van der Waals surface area contributed by atoms with Gasteiger partial charge in [-0.3, -0.25) is 4.90 Å². The average molecular weight is 248 g/mol. The molecule has 1 aliphatic rings. The summed E-state index contributed by atoms with van der Waals surface area (Å²) in [5, 5.41) is 8.83. The largest absolute Gasteiger partial charge is 0.373 e. The number of hydrogen-bond acceptors (Lipinski definition) is 3.